The third-order valence-corrected chi connectivity index (χ3v) is 6.02. The van der Waals surface area contributed by atoms with Crippen LogP contribution in [0.25, 0.3) is 31.4 Å². The lowest BCUT2D eigenvalue weighted by Gasteiger charge is -2.08. The van der Waals surface area contributed by atoms with Gasteiger partial charge in [-0.3, -0.25) is 14.2 Å². The molecular formula is C24H17N3O2S. The SMILES string of the molecule is O=C(Cn1cnc2sc(-c3ccccc3)cc2c1=O)Nc1ccc2ccccc2c1. The van der Waals surface area contributed by atoms with Gasteiger partial charge in [0.25, 0.3) is 5.56 Å². The molecular weight excluding hydrogens is 394 g/mol. The summed E-state index contributed by atoms with van der Waals surface area (Å²) in [6.07, 6.45) is 1.44. The number of anilines is 1. The number of nitrogens with one attached hydrogen (secondary N) is 1. The summed E-state index contributed by atoms with van der Waals surface area (Å²) in [7, 11) is 0. The molecule has 1 amide bonds. The first-order chi connectivity index (χ1) is 14.7. The summed E-state index contributed by atoms with van der Waals surface area (Å²) in [4.78, 5) is 31.5. The van der Waals surface area contributed by atoms with Gasteiger partial charge in [0, 0.05) is 10.6 Å². The quantitative estimate of drug-likeness (QED) is 0.457. The lowest BCUT2D eigenvalue weighted by Crippen LogP contribution is -2.27. The van der Waals surface area contributed by atoms with Crippen molar-refractivity contribution in [2.45, 2.75) is 6.54 Å². The highest BCUT2D eigenvalue weighted by molar-refractivity contribution is 7.21. The van der Waals surface area contributed by atoms with Gasteiger partial charge in [-0.05, 0) is 34.5 Å². The first kappa shape index (κ1) is 18.3. The molecule has 0 aliphatic rings. The molecule has 0 unspecified atom stereocenters. The first-order valence-electron chi connectivity index (χ1n) is 9.50. The minimum atomic E-state index is -0.271. The average molecular weight is 411 g/mol. The van der Waals surface area contributed by atoms with Crippen LogP contribution >= 0.6 is 11.3 Å². The highest BCUT2D eigenvalue weighted by Gasteiger charge is 2.12. The van der Waals surface area contributed by atoms with Crippen LogP contribution in [0.1, 0.15) is 0 Å². The van der Waals surface area contributed by atoms with E-state index < -0.39 is 0 Å². The average Bonchev–Trinajstić information content (AvgIpc) is 3.22. The number of benzene rings is 3. The largest absolute Gasteiger partial charge is 0.325 e. The first-order valence-corrected chi connectivity index (χ1v) is 10.3. The Balaban J connectivity index is 1.39. The van der Waals surface area contributed by atoms with Gasteiger partial charge in [-0.2, -0.15) is 0 Å². The molecule has 2 heterocycles. The number of nitrogens with zero attached hydrogens (tertiary/aromatic N) is 2. The van der Waals surface area contributed by atoms with Gasteiger partial charge < -0.3 is 5.32 Å². The zero-order chi connectivity index (χ0) is 20.5. The second-order valence-corrected chi connectivity index (χ2v) is 8.01. The number of rotatable bonds is 4. The molecule has 0 aliphatic carbocycles. The third-order valence-electron chi connectivity index (χ3n) is 4.92. The lowest BCUT2D eigenvalue weighted by molar-refractivity contribution is -0.116. The number of carbonyl (C=O) groups is 1. The molecule has 0 atom stereocenters. The second-order valence-electron chi connectivity index (χ2n) is 6.98. The van der Waals surface area contributed by atoms with Crippen LogP contribution in [0.4, 0.5) is 5.69 Å². The van der Waals surface area contributed by atoms with Crippen molar-refractivity contribution in [2.24, 2.45) is 0 Å². The van der Waals surface area contributed by atoms with Crippen molar-refractivity contribution < 1.29 is 4.79 Å². The predicted molar refractivity (Wildman–Crippen MR) is 122 cm³/mol. The van der Waals surface area contributed by atoms with Crippen molar-refractivity contribution in [1.29, 1.82) is 0 Å². The fraction of sp³-hybridized carbons (Fsp3) is 0.0417. The zero-order valence-electron chi connectivity index (χ0n) is 15.9. The van der Waals surface area contributed by atoms with Crippen LogP contribution in [0.3, 0.4) is 0 Å². The molecule has 0 saturated carbocycles. The Morgan fingerprint density at radius 2 is 1.70 bits per heavy atom. The Morgan fingerprint density at radius 3 is 2.53 bits per heavy atom. The monoisotopic (exact) mass is 411 g/mol. The van der Waals surface area contributed by atoms with E-state index in [1.165, 1.54) is 22.2 Å². The van der Waals surface area contributed by atoms with Crippen LogP contribution in [0.15, 0.2) is 90.0 Å². The zero-order valence-corrected chi connectivity index (χ0v) is 16.7. The fourth-order valence-corrected chi connectivity index (χ4v) is 4.43. The van der Waals surface area contributed by atoms with Gasteiger partial charge in [0.05, 0.1) is 11.7 Å². The van der Waals surface area contributed by atoms with Gasteiger partial charge in [0.2, 0.25) is 5.91 Å². The molecule has 0 aliphatic heterocycles. The standard InChI is InChI=1S/C24H17N3O2S/c28-22(26-19-11-10-16-6-4-5-9-18(16)12-19)14-27-15-25-23-20(24(27)29)13-21(30-23)17-7-2-1-3-8-17/h1-13,15H,14H2,(H,26,28). The Morgan fingerprint density at radius 1 is 0.933 bits per heavy atom. The molecule has 5 rings (SSSR count). The molecule has 2 aromatic heterocycles. The summed E-state index contributed by atoms with van der Waals surface area (Å²) in [5.74, 6) is -0.271. The molecule has 30 heavy (non-hydrogen) atoms. The smallest absolute Gasteiger partial charge is 0.262 e. The van der Waals surface area contributed by atoms with Gasteiger partial charge in [0.15, 0.2) is 0 Å². The minimum absolute atomic E-state index is 0.0921. The van der Waals surface area contributed by atoms with E-state index in [1.807, 2.05) is 78.9 Å². The maximum Gasteiger partial charge on any atom is 0.262 e. The van der Waals surface area contributed by atoms with Crippen molar-refractivity contribution in [3.05, 3.63) is 95.5 Å². The molecule has 5 nitrogen and oxygen atoms in total. The van der Waals surface area contributed by atoms with Crippen LogP contribution in [-0.4, -0.2) is 15.5 Å². The molecule has 0 bridgehead atoms. The number of fused-ring (bicyclic) bond motifs is 2. The highest BCUT2D eigenvalue weighted by atomic mass is 32.1. The molecule has 0 fully saturated rings. The number of hydrogen-bond acceptors (Lipinski definition) is 4. The number of hydrogen-bond donors (Lipinski definition) is 1. The second kappa shape index (κ2) is 7.57. The minimum Gasteiger partial charge on any atom is -0.325 e. The molecule has 5 aromatic rings. The molecule has 0 saturated heterocycles. The summed E-state index contributed by atoms with van der Waals surface area (Å²) in [5.41, 5.74) is 1.52. The molecule has 6 heteroatoms. The number of thiophene rings is 1. The molecule has 0 radical (unpaired) electrons. The van der Waals surface area contributed by atoms with Gasteiger partial charge in [0.1, 0.15) is 11.4 Å². The van der Waals surface area contributed by atoms with E-state index in [-0.39, 0.29) is 18.0 Å². The van der Waals surface area contributed by atoms with Crippen LogP contribution in [-0.2, 0) is 11.3 Å². The van der Waals surface area contributed by atoms with E-state index in [0.29, 0.717) is 15.9 Å². The lowest BCUT2D eigenvalue weighted by atomic mass is 10.1. The predicted octanol–water partition coefficient (Wildman–Crippen LogP) is 4.92. The van der Waals surface area contributed by atoms with Crippen molar-refractivity contribution in [2.75, 3.05) is 5.32 Å². The summed E-state index contributed by atoms with van der Waals surface area (Å²) >= 11 is 1.47. The Hall–Kier alpha value is -3.77. The van der Waals surface area contributed by atoms with Crippen LogP contribution in [0.5, 0.6) is 0 Å². The van der Waals surface area contributed by atoms with Crippen LogP contribution < -0.4 is 10.9 Å². The van der Waals surface area contributed by atoms with E-state index in [2.05, 4.69) is 10.3 Å². The summed E-state index contributed by atoms with van der Waals surface area (Å²) < 4.78 is 1.35. The van der Waals surface area contributed by atoms with Crippen molar-refractivity contribution in [1.82, 2.24) is 9.55 Å². The maximum atomic E-state index is 12.9. The van der Waals surface area contributed by atoms with Crippen molar-refractivity contribution in [3.63, 3.8) is 0 Å². The highest BCUT2D eigenvalue weighted by Crippen LogP contribution is 2.30. The number of carbonyl (C=O) groups excluding carboxylic acids is 1. The Kier molecular flexibility index (Phi) is 4.61. The fourth-order valence-electron chi connectivity index (χ4n) is 3.44. The van der Waals surface area contributed by atoms with Gasteiger partial charge in [-0.1, -0.05) is 60.7 Å². The Labute approximate surface area is 176 Å². The van der Waals surface area contributed by atoms with Crippen molar-refractivity contribution >= 4 is 43.9 Å². The molecule has 1 N–H and O–H groups in total. The van der Waals surface area contributed by atoms with E-state index >= 15 is 0 Å². The molecule has 3 aromatic carbocycles. The number of amides is 1. The van der Waals surface area contributed by atoms with Gasteiger partial charge in [-0.25, -0.2) is 4.98 Å². The van der Waals surface area contributed by atoms with E-state index in [4.69, 9.17) is 0 Å². The van der Waals surface area contributed by atoms with E-state index in [0.717, 1.165) is 21.2 Å². The van der Waals surface area contributed by atoms with Crippen molar-refractivity contribution in [3.8, 4) is 10.4 Å². The number of aromatic nitrogens is 2. The van der Waals surface area contributed by atoms with E-state index in [1.54, 1.807) is 0 Å². The van der Waals surface area contributed by atoms with Gasteiger partial charge in [-0.15, -0.1) is 11.3 Å². The Bertz CT molecular complexity index is 1440. The maximum absolute atomic E-state index is 12.9. The third kappa shape index (κ3) is 3.49. The molecule has 146 valence electrons. The van der Waals surface area contributed by atoms with Crippen LogP contribution in [0.2, 0.25) is 0 Å². The topological polar surface area (TPSA) is 64.0 Å². The normalized spacial score (nSPS) is 11.1. The van der Waals surface area contributed by atoms with Crippen LogP contribution in [0, 0.1) is 0 Å². The summed E-state index contributed by atoms with van der Waals surface area (Å²) in [5, 5.41) is 5.54. The summed E-state index contributed by atoms with van der Waals surface area (Å²) in [6.45, 7) is -0.0921. The van der Waals surface area contributed by atoms with Gasteiger partial charge >= 0.3 is 0 Å². The summed E-state index contributed by atoms with van der Waals surface area (Å²) in [6, 6.07) is 25.4. The molecule has 0 spiro atoms. The van der Waals surface area contributed by atoms with E-state index in [9.17, 15) is 9.59 Å².